The molecule has 2 N–H and O–H groups in total. The maximum atomic E-state index is 12.7. The van der Waals surface area contributed by atoms with Gasteiger partial charge in [0.25, 0.3) is 11.5 Å². The first-order valence-corrected chi connectivity index (χ1v) is 6.99. The Bertz CT molecular complexity index is 800. The van der Waals surface area contributed by atoms with Crippen LogP contribution in [0.4, 0.5) is 13.2 Å². The van der Waals surface area contributed by atoms with E-state index < -0.39 is 23.8 Å². The molecule has 24 heavy (non-hydrogen) atoms. The molecule has 0 saturated heterocycles. The molecule has 0 aliphatic rings. The molecule has 128 valence electrons. The number of carbonyl (C=O) groups is 1. The third kappa shape index (κ3) is 4.02. The second-order valence-electron chi connectivity index (χ2n) is 5.16. The first-order valence-electron chi connectivity index (χ1n) is 6.99. The predicted octanol–water partition coefficient (Wildman–Crippen LogP) is 1.87. The zero-order valence-electron chi connectivity index (χ0n) is 12.7. The van der Waals surface area contributed by atoms with Crippen LogP contribution in [0.15, 0.2) is 47.3 Å². The molecule has 0 radical (unpaired) electrons. The van der Waals surface area contributed by atoms with Crippen molar-refractivity contribution in [3.8, 4) is 0 Å². The molecule has 1 atom stereocenters. The summed E-state index contributed by atoms with van der Waals surface area (Å²) >= 11 is 0. The molecule has 0 spiro atoms. The fourth-order valence-electron chi connectivity index (χ4n) is 2.11. The van der Waals surface area contributed by atoms with Crippen molar-refractivity contribution in [3.05, 3.63) is 69.6 Å². The van der Waals surface area contributed by atoms with Crippen molar-refractivity contribution in [2.24, 2.45) is 7.05 Å². The number of aliphatic hydroxyl groups is 1. The van der Waals surface area contributed by atoms with E-state index in [1.807, 2.05) is 0 Å². The zero-order valence-corrected chi connectivity index (χ0v) is 12.7. The number of hydrogen-bond donors (Lipinski definition) is 2. The van der Waals surface area contributed by atoms with Gasteiger partial charge in [0, 0.05) is 19.7 Å². The van der Waals surface area contributed by atoms with Gasteiger partial charge in [-0.2, -0.15) is 13.2 Å². The lowest BCUT2D eigenvalue weighted by atomic mass is 10.1. The number of carbonyl (C=O) groups excluding carboxylic acids is 1. The maximum Gasteiger partial charge on any atom is 0.416 e. The van der Waals surface area contributed by atoms with Crippen LogP contribution in [0, 0.1) is 0 Å². The third-order valence-electron chi connectivity index (χ3n) is 3.47. The third-order valence-corrected chi connectivity index (χ3v) is 3.47. The molecule has 1 amide bonds. The Morgan fingerprint density at radius 2 is 1.92 bits per heavy atom. The van der Waals surface area contributed by atoms with Gasteiger partial charge in [0.2, 0.25) is 0 Å². The van der Waals surface area contributed by atoms with Crippen LogP contribution < -0.4 is 10.9 Å². The Balaban J connectivity index is 2.08. The summed E-state index contributed by atoms with van der Waals surface area (Å²) in [5.41, 5.74) is -1.14. The van der Waals surface area contributed by atoms with Gasteiger partial charge >= 0.3 is 6.18 Å². The summed E-state index contributed by atoms with van der Waals surface area (Å²) in [6.07, 6.45) is -5.82. The van der Waals surface area contributed by atoms with Crippen molar-refractivity contribution in [3.63, 3.8) is 0 Å². The summed E-state index contributed by atoms with van der Waals surface area (Å²) in [6.45, 7) is -0.288. The molecule has 2 aromatic rings. The smallest absolute Gasteiger partial charge is 0.387 e. The van der Waals surface area contributed by atoms with Crippen molar-refractivity contribution in [1.29, 1.82) is 0 Å². The second-order valence-corrected chi connectivity index (χ2v) is 5.16. The highest BCUT2D eigenvalue weighted by atomic mass is 19.4. The topological polar surface area (TPSA) is 71.3 Å². The summed E-state index contributed by atoms with van der Waals surface area (Å²) in [4.78, 5) is 23.5. The summed E-state index contributed by atoms with van der Waals surface area (Å²) in [5.74, 6) is -0.610. The second kappa shape index (κ2) is 6.88. The molecule has 1 aromatic carbocycles. The Kier molecular flexibility index (Phi) is 5.08. The molecule has 0 bridgehead atoms. The van der Waals surface area contributed by atoms with Crippen molar-refractivity contribution >= 4 is 5.91 Å². The van der Waals surface area contributed by atoms with Gasteiger partial charge in [0.05, 0.1) is 11.7 Å². The minimum absolute atomic E-state index is 0.0343. The van der Waals surface area contributed by atoms with Crippen molar-refractivity contribution < 1.29 is 23.1 Å². The fourth-order valence-corrected chi connectivity index (χ4v) is 2.11. The number of alkyl halides is 3. The van der Waals surface area contributed by atoms with Gasteiger partial charge in [-0.1, -0.05) is 18.2 Å². The van der Waals surface area contributed by atoms with E-state index >= 15 is 0 Å². The lowest BCUT2D eigenvalue weighted by Crippen LogP contribution is -2.33. The lowest BCUT2D eigenvalue weighted by Gasteiger charge is -2.15. The van der Waals surface area contributed by atoms with Crippen molar-refractivity contribution in [2.45, 2.75) is 12.3 Å². The van der Waals surface area contributed by atoms with E-state index in [9.17, 15) is 27.9 Å². The first kappa shape index (κ1) is 17.7. The summed E-state index contributed by atoms with van der Waals surface area (Å²) in [6, 6.07) is 8.38. The number of rotatable bonds is 4. The number of halogens is 3. The quantitative estimate of drug-likeness (QED) is 0.893. The maximum absolute atomic E-state index is 12.7. The standard InChI is InChI=1S/C16H15F3N2O3/c1-21-12(6-3-7-14(21)23)15(24)20-9-13(22)10-4-2-5-11(8-10)16(17,18)19/h2-8,13,22H,9H2,1H3,(H,20,24). The molecular formula is C16H15F3N2O3. The molecule has 0 fully saturated rings. The largest absolute Gasteiger partial charge is 0.416 e. The van der Waals surface area contributed by atoms with Crippen LogP contribution in [-0.4, -0.2) is 22.1 Å². The van der Waals surface area contributed by atoms with Gasteiger partial charge in [-0.25, -0.2) is 0 Å². The summed E-state index contributed by atoms with van der Waals surface area (Å²) in [7, 11) is 1.42. The molecule has 0 aliphatic carbocycles. The Morgan fingerprint density at radius 3 is 2.58 bits per heavy atom. The zero-order chi connectivity index (χ0) is 17.9. The number of pyridine rings is 1. The number of hydrogen-bond acceptors (Lipinski definition) is 3. The number of aliphatic hydroxyl groups excluding tert-OH is 1. The van der Waals surface area contributed by atoms with E-state index in [0.717, 1.165) is 16.7 Å². The van der Waals surface area contributed by atoms with Gasteiger partial charge in [-0.15, -0.1) is 0 Å². The van der Waals surface area contributed by atoms with E-state index in [0.29, 0.717) is 0 Å². The lowest BCUT2D eigenvalue weighted by molar-refractivity contribution is -0.137. The molecule has 8 heteroatoms. The highest BCUT2D eigenvalue weighted by Crippen LogP contribution is 2.30. The molecule has 1 unspecified atom stereocenters. The summed E-state index contributed by atoms with van der Waals surface area (Å²) < 4.78 is 39.1. The number of benzene rings is 1. The van der Waals surface area contributed by atoms with Crippen molar-refractivity contribution in [1.82, 2.24) is 9.88 Å². The minimum atomic E-state index is -4.51. The average molecular weight is 340 g/mol. The van der Waals surface area contributed by atoms with Crippen LogP contribution in [0.1, 0.15) is 27.7 Å². The summed E-state index contributed by atoms with van der Waals surface area (Å²) in [5, 5.41) is 12.4. The minimum Gasteiger partial charge on any atom is -0.387 e. The number of nitrogens with one attached hydrogen (secondary N) is 1. The molecule has 5 nitrogen and oxygen atoms in total. The Morgan fingerprint density at radius 1 is 1.25 bits per heavy atom. The molecule has 2 rings (SSSR count). The van der Waals surface area contributed by atoms with Crippen LogP contribution in [0.25, 0.3) is 0 Å². The predicted molar refractivity (Wildman–Crippen MR) is 80.4 cm³/mol. The molecular weight excluding hydrogens is 325 g/mol. The Labute approximate surface area is 135 Å². The first-order chi connectivity index (χ1) is 11.2. The number of nitrogens with zero attached hydrogens (tertiary/aromatic N) is 1. The van der Waals surface area contributed by atoms with E-state index in [1.54, 1.807) is 0 Å². The van der Waals surface area contributed by atoms with Crippen LogP contribution in [0.3, 0.4) is 0 Å². The van der Waals surface area contributed by atoms with Crippen LogP contribution in [0.5, 0.6) is 0 Å². The molecule has 0 saturated carbocycles. The monoisotopic (exact) mass is 340 g/mol. The highest BCUT2D eigenvalue weighted by Gasteiger charge is 2.30. The van der Waals surface area contributed by atoms with Gasteiger partial charge in [-0.05, 0) is 23.8 Å². The van der Waals surface area contributed by atoms with E-state index in [2.05, 4.69) is 5.32 Å². The number of aromatic nitrogens is 1. The van der Waals surface area contributed by atoms with Gasteiger partial charge in [0.15, 0.2) is 0 Å². The van der Waals surface area contributed by atoms with E-state index in [-0.39, 0.29) is 23.4 Å². The van der Waals surface area contributed by atoms with Crippen LogP contribution in [0.2, 0.25) is 0 Å². The van der Waals surface area contributed by atoms with Gasteiger partial charge in [-0.3, -0.25) is 9.59 Å². The molecule has 1 aromatic heterocycles. The highest BCUT2D eigenvalue weighted by molar-refractivity contribution is 5.92. The van der Waals surface area contributed by atoms with Crippen LogP contribution in [-0.2, 0) is 13.2 Å². The normalized spacial score (nSPS) is 12.7. The van der Waals surface area contributed by atoms with Gasteiger partial charge in [0.1, 0.15) is 5.69 Å². The molecule has 0 aliphatic heterocycles. The van der Waals surface area contributed by atoms with Gasteiger partial charge < -0.3 is 15.0 Å². The van der Waals surface area contributed by atoms with E-state index in [1.165, 1.54) is 37.4 Å². The van der Waals surface area contributed by atoms with Crippen molar-refractivity contribution in [2.75, 3.05) is 6.54 Å². The fraction of sp³-hybridized carbons (Fsp3) is 0.250. The van der Waals surface area contributed by atoms with E-state index in [4.69, 9.17) is 0 Å². The van der Waals surface area contributed by atoms with Crippen LogP contribution >= 0.6 is 0 Å². The molecule has 1 heterocycles. The SMILES string of the molecule is Cn1c(C(=O)NCC(O)c2cccc(C(F)(F)F)c2)cccc1=O. The average Bonchev–Trinajstić information content (AvgIpc) is 2.54. The number of amides is 1. The Hall–Kier alpha value is -2.61.